The van der Waals surface area contributed by atoms with Crippen molar-refractivity contribution in [2.24, 2.45) is 13.0 Å². The summed E-state index contributed by atoms with van der Waals surface area (Å²) in [5.41, 5.74) is 0.629. The van der Waals surface area contributed by atoms with E-state index in [9.17, 15) is 4.79 Å². The van der Waals surface area contributed by atoms with E-state index < -0.39 is 0 Å². The first-order chi connectivity index (χ1) is 6.77. The van der Waals surface area contributed by atoms with Gasteiger partial charge >= 0.3 is 0 Å². The van der Waals surface area contributed by atoms with Crippen LogP contribution >= 0.6 is 0 Å². The molecule has 1 aliphatic rings. The molecule has 4 heteroatoms. The number of carbonyl (C=O) groups excluding carboxylic acids is 1. The highest BCUT2D eigenvalue weighted by Gasteiger charge is 2.18. The number of rotatable bonds is 3. The van der Waals surface area contributed by atoms with E-state index in [1.165, 1.54) is 19.3 Å². The van der Waals surface area contributed by atoms with Crippen LogP contribution in [0.3, 0.4) is 0 Å². The lowest BCUT2D eigenvalue weighted by Gasteiger charge is -2.25. The Balaban J connectivity index is 1.86. The Morgan fingerprint density at radius 2 is 2.50 bits per heavy atom. The van der Waals surface area contributed by atoms with E-state index >= 15 is 0 Å². The van der Waals surface area contributed by atoms with Gasteiger partial charge in [0.1, 0.15) is 5.69 Å². The SMILES string of the molecule is Cn1nccc1C(=O)NCC1CCC1. The van der Waals surface area contributed by atoms with Crippen molar-refractivity contribution in [2.45, 2.75) is 19.3 Å². The fourth-order valence-electron chi connectivity index (χ4n) is 1.62. The van der Waals surface area contributed by atoms with Gasteiger partial charge in [0.25, 0.3) is 5.91 Å². The van der Waals surface area contributed by atoms with Crippen LogP contribution in [0.25, 0.3) is 0 Å². The van der Waals surface area contributed by atoms with Gasteiger partial charge in [-0.25, -0.2) is 0 Å². The van der Waals surface area contributed by atoms with Crippen molar-refractivity contribution in [3.8, 4) is 0 Å². The topological polar surface area (TPSA) is 46.9 Å². The van der Waals surface area contributed by atoms with Crippen molar-refractivity contribution in [3.05, 3.63) is 18.0 Å². The van der Waals surface area contributed by atoms with Crippen LogP contribution in [-0.2, 0) is 7.05 Å². The molecule has 1 amide bonds. The number of aryl methyl sites for hydroxylation is 1. The summed E-state index contributed by atoms with van der Waals surface area (Å²) in [6.07, 6.45) is 5.46. The molecule has 0 unspecified atom stereocenters. The minimum absolute atomic E-state index is 0.0168. The Morgan fingerprint density at radius 1 is 1.71 bits per heavy atom. The molecule has 0 atom stereocenters. The summed E-state index contributed by atoms with van der Waals surface area (Å²) < 4.78 is 1.59. The number of nitrogens with one attached hydrogen (secondary N) is 1. The monoisotopic (exact) mass is 193 g/mol. The molecule has 4 nitrogen and oxygen atoms in total. The molecule has 1 aromatic heterocycles. The molecule has 0 aromatic carbocycles. The van der Waals surface area contributed by atoms with Gasteiger partial charge < -0.3 is 5.32 Å². The van der Waals surface area contributed by atoms with Crippen LogP contribution in [0, 0.1) is 5.92 Å². The van der Waals surface area contributed by atoms with Gasteiger partial charge in [0.2, 0.25) is 0 Å². The third kappa shape index (κ3) is 1.78. The van der Waals surface area contributed by atoms with Gasteiger partial charge in [-0.1, -0.05) is 6.42 Å². The van der Waals surface area contributed by atoms with Crippen LogP contribution < -0.4 is 5.32 Å². The predicted molar refractivity (Wildman–Crippen MR) is 52.9 cm³/mol. The zero-order valence-corrected chi connectivity index (χ0v) is 8.36. The Labute approximate surface area is 83.3 Å². The first-order valence-electron chi connectivity index (χ1n) is 5.03. The minimum atomic E-state index is -0.0168. The van der Waals surface area contributed by atoms with Gasteiger partial charge in [-0.2, -0.15) is 5.10 Å². The number of hydrogen-bond donors (Lipinski definition) is 1. The van der Waals surface area contributed by atoms with Crippen LogP contribution in [0.15, 0.2) is 12.3 Å². The molecule has 76 valence electrons. The Kier molecular flexibility index (Phi) is 2.52. The van der Waals surface area contributed by atoms with E-state index in [2.05, 4.69) is 10.4 Å². The second-order valence-electron chi connectivity index (χ2n) is 3.85. The molecule has 0 spiro atoms. The van der Waals surface area contributed by atoms with Crippen LogP contribution in [0.2, 0.25) is 0 Å². The van der Waals surface area contributed by atoms with Gasteiger partial charge in [0, 0.05) is 19.8 Å². The first kappa shape index (κ1) is 9.24. The fourth-order valence-corrected chi connectivity index (χ4v) is 1.62. The number of carbonyl (C=O) groups is 1. The van der Waals surface area contributed by atoms with Crippen molar-refractivity contribution in [1.29, 1.82) is 0 Å². The zero-order valence-electron chi connectivity index (χ0n) is 8.36. The largest absolute Gasteiger partial charge is 0.350 e. The van der Waals surface area contributed by atoms with Crippen LogP contribution in [0.1, 0.15) is 29.8 Å². The predicted octanol–water partition coefficient (Wildman–Crippen LogP) is 0.950. The maximum Gasteiger partial charge on any atom is 0.269 e. The highest BCUT2D eigenvalue weighted by atomic mass is 16.2. The van der Waals surface area contributed by atoms with Crippen LogP contribution in [0.5, 0.6) is 0 Å². The molecule has 0 saturated heterocycles. The standard InChI is InChI=1S/C10H15N3O/c1-13-9(5-6-12-13)10(14)11-7-8-3-2-4-8/h5-6,8H,2-4,7H2,1H3,(H,11,14). The number of amides is 1. The second kappa shape index (κ2) is 3.82. The fraction of sp³-hybridized carbons (Fsp3) is 0.600. The van der Waals surface area contributed by atoms with Gasteiger partial charge in [-0.05, 0) is 24.8 Å². The minimum Gasteiger partial charge on any atom is -0.350 e. The molecule has 1 fully saturated rings. The smallest absolute Gasteiger partial charge is 0.269 e. The van der Waals surface area contributed by atoms with Crippen molar-refractivity contribution in [3.63, 3.8) is 0 Å². The third-order valence-electron chi connectivity index (χ3n) is 2.83. The lowest BCUT2D eigenvalue weighted by atomic mass is 9.85. The van der Waals surface area contributed by atoms with Crippen LogP contribution in [0.4, 0.5) is 0 Å². The Bertz CT molecular complexity index is 328. The lowest BCUT2D eigenvalue weighted by molar-refractivity contribution is 0.0929. The summed E-state index contributed by atoms with van der Waals surface area (Å²) in [5, 5.41) is 6.88. The average Bonchev–Trinajstić information content (AvgIpc) is 2.48. The molecule has 0 radical (unpaired) electrons. The summed E-state index contributed by atoms with van der Waals surface area (Å²) in [6.45, 7) is 0.810. The van der Waals surface area contributed by atoms with Gasteiger partial charge in [0.15, 0.2) is 0 Å². The van der Waals surface area contributed by atoms with E-state index in [1.54, 1.807) is 24.0 Å². The second-order valence-corrected chi connectivity index (χ2v) is 3.85. The molecule has 1 aromatic rings. The lowest BCUT2D eigenvalue weighted by Crippen LogP contribution is -2.33. The molecule has 1 N–H and O–H groups in total. The van der Waals surface area contributed by atoms with Crippen molar-refractivity contribution < 1.29 is 4.79 Å². The van der Waals surface area contributed by atoms with E-state index in [0.717, 1.165) is 6.54 Å². The van der Waals surface area contributed by atoms with Crippen molar-refractivity contribution >= 4 is 5.91 Å². The normalized spacial score (nSPS) is 16.4. The van der Waals surface area contributed by atoms with Gasteiger partial charge in [-0.3, -0.25) is 9.48 Å². The maximum atomic E-state index is 11.6. The zero-order chi connectivity index (χ0) is 9.97. The first-order valence-corrected chi connectivity index (χ1v) is 5.03. The number of hydrogen-bond acceptors (Lipinski definition) is 2. The van der Waals surface area contributed by atoms with Gasteiger partial charge in [-0.15, -0.1) is 0 Å². The molecular formula is C10H15N3O. The summed E-state index contributed by atoms with van der Waals surface area (Å²) in [5.74, 6) is 0.684. The summed E-state index contributed by atoms with van der Waals surface area (Å²) in [7, 11) is 1.78. The summed E-state index contributed by atoms with van der Waals surface area (Å²) >= 11 is 0. The molecule has 0 aliphatic heterocycles. The van der Waals surface area contributed by atoms with E-state index in [-0.39, 0.29) is 5.91 Å². The van der Waals surface area contributed by atoms with Crippen molar-refractivity contribution in [1.82, 2.24) is 15.1 Å². The summed E-state index contributed by atoms with van der Waals surface area (Å²) in [6, 6.07) is 1.73. The molecule has 1 saturated carbocycles. The highest BCUT2D eigenvalue weighted by Crippen LogP contribution is 2.25. The van der Waals surface area contributed by atoms with E-state index in [4.69, 9.17) is 0 Å². The Hall–Kier alpha value is -1.32. The molecule has 0 bridgehead atoms. The molecule has 2 rings (SSSR count). The number of nitrogens with zero attached hydrogens (tertiary/aromatic N) is 2. The molecular weight excluding hydrogens is 178 g/mol. The molecule has 14 heavy (non-hydrogen) atoms. The number of aromatic nitrogens is 2. The molecule has 1 heterocycles. The Morgan fingerprint density at radius 3 is 3.00 bits per heavy atom. The summed E-state index contributed by atoms with van der Waals surface area (Å²) in [4.78, 5) is 11.6. The van der Waals surface area contributed by atoms with Gasteiger partial charge in [0.05, 0.1) is 0 Å². The highest BCUT2D eigenvalue weighted by molar-refractivity contribution is 5.92. The van der Waals surface area contributed by atoms with E-state index in [1.807, 2.05) is 0 Å². The maximum absolute atomic E-state index is 11.6. The quantitative estimate of drug-likeness (QED) is 0.777. The van der Waals surface area contributed by atoms with Crippen molar-refractivity contribution in [2.75, 3.05) is 6.54 Å². The van der Waals surface area contributed by atoms with Crippen LogP contribution in [-0.4, -0.2) is 22.2 Å². The average molecular weight is 193 g/mol. The molecule has 1 aliphatic carbocycles. The van der Waals surface area contributed by atoms with E-state index in [0.29, 0.717) is 11.6 Å². The third-order valence-corrected chi connectivity index (χ3v) is 2.83.